The minimum atomic E-state index is -0.685. The molecule has 2 aromatic rings. The van der Waals surface area contributed by atoms with E-state index in [1.165, 1.54) is 12.0 Å². The van der Waals surface area contributed by atoms with E-state index in [1.807, 2.05) is 24.4 Å². The number of allylic oxidation sites excluding steroid dienone is 3. The Kier molecular flexibility index (Phi) is 7.76. The summed E-state index contributed by atoms with van der Waals surface area (Å²) in [6.07, 6.45) is 2.73. The molecule has 202 valence electrons. The molecule has 3 aliphatic rings. The van der Waals surface area contributed by atoms with Gasteiger partial charge in [-0.25, -0.2) is 4.79 Å². The van der Waals surface area contributed by atoms with Crippen LogP contribution in [-0.2, 0) is 19.1 Å². The summed E-state index contributed by atoms with van der Waals surface area (Å²) in [6, 6.07) is 7.68. The minimum Gasteiger partial charge on any atom is -0.493 e. The van der Waals surface area contributed by atoms with Crippen LogP contribution in [0.1, 0.15) is 54.9 Å². The normalized spacial score (nSPS) is 23.2. The SMILES string of the molecule is COc1ccc([C@@H]2C(C(=O)OC[C@H]3CCCO3)=C(C)NC3=C2C(=O)C[C@@H](c2cccs2)C3)c(OC)c1OC. The lowest BCUT2D eigenvalue weighted by atomic mass is 9.72. The van der Waals surface area contributed by atoms with Gasteiger partial charge in [0.2, 0.25) is 5.75 Å². The number of nitrogens with one attached hydrogen (secondary N) is 1. The first-order chi connectivity index (χ1) is 18.5. The highest BCUT2D eigenvalue weighted by atomic mass is 32.1. The lowest BCUT2D eigenvalue weighted by Crippen LogP contribution is -2.36. The maximum atomic E-state index is 13.9. The number of Topliss-reactive ketones (excluding diaryl/α,β-unsaturated/α-hetero) is 1. The van der Waals surface area contributed by atoms with Crippen LogP contribution in [0.4, 0.5) is 0 Å². The molecule has 38 heavy (non-hydrogen) atoms. The predicted molar refractivity (Wildman–Crippen MR) is 143 cm³/mol. The molecule has 2 aliphatic heterocycles. The number of methoxy groups -OCH3 is 3. The van der Waals surface area contributed by atoms with Crippen molar-refractivity contribution in [2.75, 3.05) is 34.5 Å². The molecule has 5 rings (SSSR count). The van der Waals surface area contributed by atoms with Crippen molar-refractivity contribution in [3.8, 4) is 17.2 Å². The third kappa shape index (κ3) is 4.80. The van der Waals surface area contributed by atoms with Gasteiger partial charge in [-0.15, -0.1) is 11.3 Å². The number of carbonyl (C=O) groups excluding carboxylic acids is 2. The molecule has 8 nitrogen and oxygen atoms in total. The molecule has 0 radical (unpaired) electrons. The molecule has 9 heteroatoms. The van der Waals surface area contributed by atoms with Gasteiger partial charge < -0.3 is 29.0 Å². The molecule has 0 unspecified atom stereocenters. The maximum absolute atomic E-state index is 13.9. The van der Waals surface area contributed by atoms with E-state index in [0.29, 0.717) is 59.1 Å². The van der Waals surface area contributed by atoms with Gasteiger partial charge in [0, 0.05) is 46.4 Å². The number of ketones is 1. The van der Waals surface area contributed by atoms with Crippen molar-refractivity contribution < 1.29 is 33.3 Å². The second-order valence-electron chi connectivity index (χ2n) is 9.69. The zero-order chi connectivity index (χ0) is 26.8. The first kappa shape index (κ1) is 26.3. The van der Waals surface area contributed by atoms with E-state index in [9.17, 15) is 9.59 Å². The van der Waals surface area contributed by atoms with E-state index in [4.69, 9.17) is 23.7 Å². The summed E-state index contributed by atoms with van der Waals surface area (Å²) in [5.41, 5.74) is 3.08. The molecule has 1 N–H and O–H groups in total. The second-order valence-corrected chi connectivity index (χ2v) is 10.7. The van der Waals surface area contributed by atoms with Crippen LogP contribution < -0.4 is 19.5 Å². The third-order valence-electron chi connectivity index (χ3n) is 7.46. The third-order valence-corrected chi connectivity index (χ3v) is 8.50. The summed E-state index contributed by atoms with van der Waals surface area (Å²) in [6.45, 7) is 2.70. The average Bonchev–Trinajstić information content (AvgIpc) is 3.64. The minimum absolute atomic E-state index is 0.00378. The summed E-state index contributed by atoms with van der Waals surface area (Å²) in [5, 5.41) is 5.43. The summed E-state index contributed by atoms with van der Waals surface area (Å²) >= 11 is 1.66. The van der Waals surface area contributed by atoms with Crippen LogP contribution in [-0.4, -0.2) is 52.4 Å². The highest BCUT2D eigenvalue weighted by molar-refractivity contribution is 7.10. The summed E-state index contributed by atoms with van der Waals surface area (Å²) < 4.78 is 28.4. The summed E-state index contributed by atoms with van der Waals surface area (Å²) in [7, 11) is 4.63. The van der Waals surface area contributed by atoms with E-state index in [1.54, 1.807) is 31.6 Å². The van der Waals surface area contributed by atoms with Crippen molar-refractivity contribution in [2.24, 2.45) is 0 Å². The van der Waals surface area contributed by atoms with Crippen LogP contribution in [0.5, 0.6) is 17.2 Å². The lowest BCUT2D eigenvalue weighted by molar-refractivity contribution is -0.142. The number of carbonyl (C=O) groups is 2. The maximum Gasteiger partial charge on any atom is 0.336 e. The molecule has 1 aromatic heterocycles. The average molecular weight is 540 g/mol. The molecule has 1 aromatic carbocycles. The quantitative estimate of drug-likeness (QED) is 0.476. The van der Waals surface area contributed by atoms with Crippen LogP contribution in [0.3, 0.4) is 0 Å². The highest BCUT2D eigenvalue weighted by Crippen LogP contribution is 2.51. The van der Waals surface area contributed by atoms with Crippen molar-refractivity contribution >= 4 is 23.1 Å². The standard InChI is InChI=1S/C29H33NO7S/c1-16-24(29(32)37-15-18-7-5-11-36-18)25(19-9-10-22(33-2)28(35-4)27(19)34-3)26-20(30-16)13-17(14-21(26)31)23-8-6-12-38-23/h6,8-10,12,17-18,25,30H,5,7,11,13-15H2,1-4H3/t17-,18+,25+/m0/s1. The van der Waals surface area contributed by atoms with Crippen molar-refractivity contribution in [1.82, 2.24) is 5.32 Å². The molecule has 3 atom stereocenters. The van der Waals surface area contributed by atoms with Gasteiger partial charge in [0.25, 0.3) is 0 Å². The van der Waals surface area contributed by atoms with Crippen molar-refractivity contribution in [2.45, 2.75) is 50.5 Å². The molecule has 3 heterocycles. The Labute approximate surface area is 226 Å². The number of hydrogen-bond acceptors (Lipinski definition) is 9. The Morgan fingerprint density at radius 2 is 1.92 bits per heavy atom. The number of ether oxygens (including phenoxy) is 5. The summed E-state index contributed by atoms with van der Waals surface area (Å²) in [4.78, 5) is 28.7. The molecule has 0 saturated carbocycles. The fourth-order valence-corrected chi connectivity index (χ4v) is 6.55. The fraction of sp³-hybridized carbons (Fsp3) is 0.448. The van der Waals surface area contributed by atoms with Gasteiger partial charge >= 0.3 is 5.97 Å². The predicted octanol–water partition coefficient (Wildman–Crippen LogP) is 4.86. The van der Waals surface area contributed by atoms with Gasteiger partial charge in [0.05, 0.1) is 38.9 Å². The van der Waals surface area contributed by atoms with Crippen LogP contribution in [0.25, 0.3) is 0 Å². The van der Waals surface area contributed by atoms with Gasteiger partial charge in [-0.05, 0) is 43.7 Å². The van der Waals surface area contributed by atoms with Crippen LogP contribution in [0.15, 0.2) is 52.2 Å². The zero-order valence-corrected chi connectivity index (χ0v) is 22.9. The fourth-order valence-electron chi connectivity index (χ4n) is 5.72. The summed E-state index contributed by atoms with van der Waals surface area (Å²) in [5.74, 6) is 0.223. The highest BCUT2D eigenvalue weighted by Gasteiger charge is 2.43. The number of benzene rings is 1. The Bertz CT molecular complexity index is 1270. The van der Waals surface area contributed by atoms with Crippen LogP contribution in [0, 0.1) is 0 Å². The van der Waals surface area contributed by atoms with Gasteiger partial charge in [0.15, 0.2) is 17.3 Å². The Morgan fingerprint density at radius 3 is 2.58 bits per heavy atom. The number of hydrogen-bond donors (Lipinski definition) is 1. The van der Waals surface area contributed by atoms with E-state index >= 15 is 0 Å². The van der Waals surface area contributed by atoms with Crippen LogP contribution in [0.2, 0.25) is 0 Å². The number of dihydropyridines is 1. The van der Waals surface area contributed by atoms with Crippen molar-refractivity contribution in [3.63, 3.8) is 0 Å². The van der Waals surface area contributed by atoms with E-state index in [0.717, 1.165) is 18.5 Å². The smallest absolute Gasteiger partial charge is 0.336 e. The van der Waals surface area contributed by atoms with Crippen molar-refractivity contribution in [1.29, 1.82) is 0 Å². The van der Waals surface area contributed by atoms with Gasteiger partial charge in [-0.2, -0.15) is 0 Å². The Balaban J connectivity index is 1.60. The monoisotopic (exact) mass is 539 g/mol. The van der Waals surface area contributed by atoms with Gasteiger partial charge in [-0.3, -0.25) is 4.79 Å². The molecule has 1 fully saturated rings. The van der Waals surface area contributed by atoms with E-state index in [2.05, 4.69) is 11.4 Å². The first-order valence-electron chi connectivity index (χ1n) is 12.8. The van der Waals surface area contributed by atoms with Gasteiger partial charge in [0.1, 0.15) is 6.61 Å². The molecule has 0 spiro atoms. The molecular weight excluding hydrogens is 506 g/mol. The van der Waals surface area contributed by atoms with Crippen LogP contribution >= 0.6 is 11.3 Å². The topological polar surface area (TPSA) is 92.3 Å². The Hall–Kier alpha value is -3.30. The largest absolute Gasteiger partial charge is 0.493 e. The van der Waals surface area contributed by atoms with E-state index < -0.39 is 11.9 Å². The van der Waals surface area contributed by atoms with Crippen molar-refractivity contribution in [3.05, 3.63) is 62.6 Å². The number of thiophene rings is 1. The molecule has 0 bridgehead atoms. The number of rotatable bonds is 8. The number of esters is 1. The van der Waals surface area contributed by atoms with Gasteiger partial charge in [-0.1, -0.05) is 12.1 Å². The molecule has 0 amide bonds. The first-order valence-corrected chi connectivity index (χ1v) is 13.7. The molecule has 1 aliphatic carbocycles. The second kappa shape index (κ2) is 11.2. The Morgan fingerprint density at radius 1 is 1.11 bits per heavy atom. The zero-order valence-electron chi connectivity index (χ0n) is 22.1. The lowest BCUT2D eigenvalue weighted by Gasteiger charge is -2.37. The molecular formula is C29H33NO7S. The van der Waals surface area contributed by atoms with E-state index in [-0.39, 0.29) is 24.4 Å². The molecule has 1 saturated heterocycles.